The quantitative estimate of drug-likeness (QED) is 0.648. The summed E-state index contributed by atoms with van der Waals surface area (Å²) in [5.41, 5.74) is 8.45. The lowest BCUT2D eigenvalue weighted by Crippen LogP contribution is -2.30. The number of anilines is 2. The number of fused-ring (bicyclic) bond motifs is 1. The topological polar surface area (TPSA) is 88.2 Å². The van der Waals surface area contributed by atoms with Crippen molar-refractivity contribution in [2.24, 2.45) is 5.73 Å². The van der Waals surface area contributed by atoms with Gasteiger partial charge in [-0.05, 0) is 48.7 Å². The van der Waals surface area contributed by atoms with Gasteiger partial charge in [0.15, 0.2) is 0 Å². The highest BCUT2D eigenvalue weighted by molar-refractivity contribution is 5.80. The standard InChI is InChI=1S/C19H19N3O2/c20-16(19(23)24)10-8-13-4-3-6-15(12-13)21-18-11-9-14-5-1-2-7-17(14)22-18/h1-7,9,11-12,16H,8,10,20H2,(H,21,22)(H,23,24)/t16-/m0/s1. The molecule has 1 aromatic heterocycles. The maximum absolute atomic E-state index is 10.8. The number of nitrogens with one attached hydrogen (secondary N) is 1. The number of hydrogen-bond donors (Lipinski definition) is 3. The average Bonchev–Trinajstić information content (AvgIpc) is 2.60. The number of rotatable bonds is 6. The first kappa shape index (κ1) is 16.0. The van der Waals surface area contributed by atoms with Crippen LogP contribution in [0.5, 0.6) is 0 Å². The zero-order valence-corrected chi connectivity index (χ0v) is 13.1. The SMILES string of the molecule is N[C@@H](CCc1cccc(Nc2ccc3ccccc3n2)c1)C(=O)O. The largest absolute Gasteiger partial charge is 0.480 e. The third-order valence-electron chi connectivity index (χ3n) is 3.86. The molecule has 2 aromatic carbocycles. The summed E-state index contributed by atoms with van der Waals surface area (Å²) in [7, 11) is 0. The molecule has 0 spiro atoms. The molecule has 0 unspecified atom stereocenters. The van der Waals surface area contributed by atoms with Crippen LogP contribution in [-0.2, 0) is 11.2 Å². The molecule has 5 nitrogen and oxygen atoms in total. The third kappa shape index (κ3) is 3.88. The molecule has 0 aliphatic rings. The molecule has 3 aromatic rings. The number of pyridine rings is 1. The van der Waals surface area contributed by atoms with Crippen LogP contribution in [0, 0.1) is 0 Å². The van der Waals surface area contributed by atoms with E-state index in [1.807, 2.05) is 60.7 Å². The van der Waals surface area contributed by atoms with Crippen LogP contribution in [0.15, 0.2) is 60.7 Å². The number of carboxylic acid groups (broad SMARTS) is 1. The molecule has 0 radical (unpaired) electrons. The maximum atomic E-state index is 10.8. The van der Waals surface area contributed by atoms with E-state index >= 15 is 0 Å². The van der Waals surface area contributed by atoms with Gasteiger partial charge in [-0.1, -0.05) is 30.3 Å². The van der Waals surface area contributed by atoms with Gasteiger partial charge in [0.2, 0.25) is 0 Å². The highest BCUT2D eigenvalue weighted by Gasteiger charge is 2.11. The van der Waals surface area contributed by atoms with E-state index in [0.29, 0.717) is 12.8 Å². The smallest absolute Gasteiger partial charge is 0.320 e. The van der Waals surface area contributed by atoms with Crippen molar-refractivity contribution in [1.82, 2.24) is 4.98 Å². The van der Waals surface area contributed by atoms with Crippen molar-refractivity contribution in [2.45, 2.75) is 18.9 Å². The van der Waals surface area contributed by atoms with Crippen LogP contribution in [0.3, 0.4) is 0 Å². The van der Waals surface area contributed by atoms with Gasteiger partial charge in [-0.25, -0.2) is 4.98 Å². The van der Waals surface area contributed by atoms with Crippen LogP contribution in [0.25, 0.3) is 10.9 Å². The summed E-state index contributed by atoms with van der Waals surface area (Å²) in [6.45, 7) is 0. The van der Waals surface area contributed by atoms with Crippen molar-refractivity contribution >= 4 is 28.4 Å². The number of hydrogen-bond acceptors (Lipinski definition) is 4. The third-order valence-corrected chi connectivity index (χ3v) is 3.86. The van der Waals surface area contributed by atoms with Crippen molar-refractivity contribution in [3.63, 3.8) is 0 Å². The molecular formula is C19H19N3O2. The first-order valence-electron chi connectivity index (χ1n) is 7.82. The lowest BCUT2D eigenvalue weighted by atomic mass is 10.1. The fourth-order valence-corrected chi connectivity index (χ4v) is 2.53. The summed E-state index contributed by atoms with van der Waals surface area (Å²) < 4.78 is 0. The van der Waals surface area contributed by atoms with E-state index in [1.54, 1.807) is 0 Å². The molecule has 0 saturated carbocycles. The minimum atomic E-state index is -0.968. The number of aryl methyl sites for hydroxylation is 1. The van der Waals surface area contributed by atoms with Crippen molar-refractivity contribution in [3.8, 4) is 0 Å². The van der Waals surface area contributed by atoms with E-state index in [1.165, 1.54) is 0 Å². The maximum Gasteiger partial charge on any atom is 0.320 e. The van der Waals surface area contributed by atoms with Gasteiger partial charge in [0.25, 0.3) is 0 Å². The van der Waals surface area contributed by atoms with E-state index in [-0.39, 0.29) is 0 Å². The highest BCUT2D eigenvalue weighted by atomic mass is 16.4. The Balaban J connectivity index is 1.72. The van der Waals surface area contributed by atoms with Gasteiger partial charge in [0.05, 0.1) is 5.52 Å². The van der Waals surface area contributed by atoms with Gasteiger partial charge >= 0.3 is 5.97 Å². The normalized spacial score (nSPS) is 12.0. The second-order valence-electron chi connectivity index (χ2n) is 5.70. The summed E-state index contributed by atoms with van der Waals surface area (Å²) in [6.07, 6.45) is 1.03. The van der Waals surface area contributed by atoms with Gasteiger partial charge in [-0.3, -0.25) is 4.79 Å². The number of carboxylic acids is 1. The monoisotopic (exact) mass is 321 g/mol. The second-order valence-corrected chi connectivity index (χ2v) is 5.70. The molecule has 0 saturated heterocycles. The number of para-hydroxylation sites is 1. The lowest BCUT2D eigenvalue weighted by molar-refractivity contribution is -0.138. The molecular weight excluding hydrogens is 302 g/mol. The van der Waals surface area contributed by atoms with Crippen LogP contribution >= 0.6 is 0 Å². The number of benzene rings is 2. The zero-order valence-electron chi connectivity index (χ0n) is 13.1. The molecule has 122 valence electrons. The summed E-state index contributed by atoms with van der Waals surface area (Å²) in [5, 5.41) is 13.2. The summed E-state index contributed by atoms with van der Waals surface area (Å²) >= 11 is 0. The molecule has 1 heterocycles. The molecule has 3 rings (SSSR count). The first-order chi connectivity index (χ1) is 11.6. The number of nitrogens with zero attached hydrogens (tertiary/aromatic N) is 1. The fraction of sp³-hybridized carbons (Fsp3) is 0.158. The van der Waals surface area contributed by atoms with Gasteiger partial charge < -0.3 is 16.2 Å². The molecule has 5 heteroatoms. The van der Waals surface area contributed by atoms with Gasteiger partial charge in [-0.15, -0.1) is 0 Å². The molecule has 4 N–H and O–H groups in total. The summed E-state index contributed by atoms with van der Waals surface area (Å²) in [5.74, 6) is -0.197. The van der Waals surface area contributed by atoms with Gasteiger partial charge in [0.1, 0.15) is 11.9 Å². The molecule has 0 amide bonds. The van der Waals surface area contributed by atoms with Crippen LogP contribution < -0.4 is 11.1 Å². The fourth-order valence-electron chi connectivity index (χ4n) is 2.53. The average molecular weight is 321 g/mol. The van der Waals surface area contributed by atoms with Crippen LogP contribution in [-0.4, -0.2) is 22.1 Å². The van der Waals surface area contributed by atoms with Gasteiger partial charge in [0, 0.05) is 11.1 Å². The number of carbonyl (C=O) groups is 1. The zero-order chi connectivity index (χ0) is 16.9. The van der Waals surface area contributed by atoms with Crippen molar-refractivity contribution in [3.05, 3.63) is 66.2 Å². The Morgan fingerprint density at radius 1 is 1.12 bits per heavy atom. The second kappa shape index (κ2) is 7.10. The Hall–Kier alpha value is -2.92. The van der Waals surface area contributed by atoms with Crippen molar-refractivity contribution in [2.75, 3.05) is 5.32 Å². The van der Waals surface area contributed by atoms with Gasteiger partial charge in [-0.2, -0.15) is 0 Å². The molecule has 0 aliphatic heterocycles. The first-order valence-corrected chi connectivity index (χ1v) is 7.82. The Morgan fingerprint density at radius 3 is 2.79 bits per heavy atom. The van der Waals surface area contributed by atoms with E-state index in [0.717, 1.165) is 28.0 Å². The summed E-state index contributed by atoms with van der Waals surface area (Å²) in [6, 6.07) is 18.9. The Labute approximate surface area is 140 Å². The molecule has 24 heavy (non-hydrogen) atoms. The lowest BCUT2D eigenvalue weighted by Gasteiger charge is -2.10. The minimum Gasteiger partial charge on any atom is -0.480 e. The van der Waals surface area contributed by atoms with Crippen LogP contribution in [0.4, 0.5) is 11.5 Å². The van der Waals surface area contributed by atoms with Crippen molar-refractivity contribution < 1.29 is 9.90 Å². The Morgan fingerprint density at radius 2 is 1.96 bits per heavy atom. The van der Waals surface area contributed by atoms with E-state index in [2.05, 4.69) is 10.3 Å². The number of aromatic nitrogens is 1. The van der Waals surface area contributed by atoms with Crippen LogP contribution in [0.2, 0.25) is 0 Å². The number of nitrogens with two attached hydrogens (primary N) is 1. The predicted octanol–water partition coefficient (Wildman–Crippen LogP) is 3.32. The Bertz CT molecular complexity index is 864. The van der Waals surface area contributed by atoms with Crippen molar-refractivity contribution in [1.29, 1.82) is 0 Å². The molecule has 0 bridgehead atoms. The van der Waals surface area contributed by atoms with E-state index in [9.17, 15) is 4.79 Å². The van der Waals surface area contributed by atoms with E-state index < -0.39 is 12.0 Å². The van der Waals surface area contributed by atoms with E-state index in [4.69, 9.17) is 10.8 Å². The Kier molecular flexibility index (Phi) is 4.72. The van der Waals surface area contributed by atoms with Crippen LogP contribution in [0.1, 0.15) is 12.0 Å². The molecule has 0 fully saturated rings. The molecule has 0 aliphatic carbocycles. The number of aliphatic carboxylic acids is 1. The predicted molar refractivity (Wildman–Crippen MR) is 95.4 cm³/mol. The highest BCUT2D eigenvalue weighted by Crippen LogP contribution is 2.20. The molecule has 1 atom stereocenters. The summed E-state index contributed by atoms with van der Waals surface area (Å²) in [4.78, 5) is 15.4. The minimum absolute atomic E-state index is 0.410.